The van der Waals surface area contributed by atoms with Crippen molar-refractivity contribution in [3.63, 3.8) is 0 Å². The number of nitrogens with two attached hydrogens (primary N) is 1. The lowest BCUT2D eigenvalue weighted by Gasteiger charge is -1.97. The van der Waals surface area contributed by atoms with E-state index in [4.69, 9.17) is 5.73 Å². The molecular weight excluding hydrogens is 158 g/mol. The van der Waals surface area contributed by atoms with Gasteiger partial charge in [0, 0.05) is 0 Å². The van der Waals surface area contributed by atoms with Crippen LogP contribution < -0.4 is 5.73 Å². The molecule has 3 N–H and O–H groups in total. The first kappa shape index (κ1) is 6.84. The normalized spacial score (nSPS) is 10.8. The molecule has 0 unspecified atom stereocenters. The van der Waals surface area contributed by atoms with E-state index in [0.29, 0.717) is 5.65 Å². The van der Waals surface area contributed by atoms with Crippen molar-refractivity contribution in [3.05, 3.63) is 11.9 Å². The van der Waals surface area contributed by atoms with Gasteiger partial charge in [0.1, 0.15) is 0 Å². The number of nitrogen functional groups attached to an aromatic ring is 1. The Kier molecular flexibility index (Phi) is 1.18. The minimum atomic E-state index is -0.199. The van der Waals surface area contributed by atoms with Crippen LogP contribution in [0.2, 0.25) is 0 Å². The molecule has 0 fully saturated rings. The van der Waals surface area contributed by atoms with E-state index in [2.05, 4.69) is 15.1 Å². The minimum absolute atomic E-state index is 0.0288. The van der Waals surface area contributed by atoms with Crippen molar-refractivity contribution in [2.24, 2.45) is 0 Å². The molecule has 0 spiro atoms. The van der Waals surface area contributed by atoms with Crippen LogP contribution >= 0.6 is 0 Å². The van der Waals surface area contributed by atoms with Gasteiger partial charge in [-0.15, -0.1) is 5.10 Å². The van der Waals surface area contributed by atoms with Crippen LogP contribution in [0.25, 0.3) is 5.65 Å². The van der Waals surface area contributed by atoms with E-state index in [9.17, 15) is 5.11 Å². The summed E-state index contributed by atoms with van der Waals surface area (Å²) in [6, 6.07) is 0. The summed E-state index contributed by atoms with van der Waals surface area (Å²) in [4.78, 5) is 7.45. The predicted molar refractivity (Wildman–Crippen MR) is 41.6 cm³/mol. The zero-order valence-electron chi connectivity index (χ0n) is 6.39. The second-order valence-electron chi connectivity index (χ2n) is 2.43. The van der Waals surface area contributed by atoms with E-state index >= 15 is 0 Å². The van der Waals surface area contributed by atoms with Gasteiger partial charge in [0.15, 0.2) is 0 Å². The Morgan fingerprint density at radius 1 is 1.58 bits per heavy atom. The molecular formula is C6H7N5O. The number of hydrogen-bond donors (Lipinski definition) is 2. The Hall–Kier alpha value is -1.85. The molecule has 0 atom stereocenters. The first-order valence-corrected chi connectivity index (χ1v) is 3.35. The molecule has 0 aromatic carbocycles. The molecule has 2 heterocycles. The Morgan fingerprint density at radius 2 is 2.33 bits per heavy atom. The quantitative estimate of drug-likeness (QED) is 0.560. The fraction of sp³-hybridized carbons (Fsp3) is 0.167. The molecule has 2 aromatic heterocycles. The van der Waals surface area contributed by atoms with Gasteiger partial charge in [-0.25, -0.2) is 9.50 Å². The third-order valence-electron chi connectivity index (χ3n) is 1.53. The first-order valence-electron chi connectivity index (χ1n) is 3.35. The average molecular weight is 165 g/mol. The van der Waals surface area contributed by atoms with Gasteiger partial charge in [-0.3, -0.25) is 0 Å². The fourth-order valence-electron chi connectivity index (χ4n) is 0.993. The van der Waals surface area contributed by atoms with Crippen LogP contribution in [0.3, 0.4) is 0 Å². The van der Waals surface area contributed by atoms with Crippen molar-refractivity contribution in [2.45, 2.75) is 6.92 Å². The van der Waals surface area contributed by atoms with Crippen molar-refractivity contribution in [1.29, 1.82) is 0 Å². The van der Waals surface area contributed by atoms with Crippen molar-refractivity contribution in [1.82, 2.24) is 19.6 Å². The zero-order valence-corrected chi connectivity index (χ0v) is 6.39. The highest BCUT2D eigenvalue weighted by Gasteiger charge is 2.07. The second-order valence-corrected chi connectivity index (χ2v) is 2.43. The van der Waals surface area contributed by atoms with E-state index in [-0.39, 0.29) is 11.8 Å². The van der Waals surface area contributed by atoms with Crippen LogP contribution in [0.15, 0.2) is 6.20 Å². The lowest BCUT2D eigenvalue weighted by atomic mass is 10.6. The van der Waals surface area contributed by atoms with Gasteiger partial charge in [-0.2, -0.15) is 4.98 Å². The summed E-state index contributed by atoms with van der Waals surface area (Å²) in [5, 5.41) is 13.1. The maximum absolute atomic E-state index is 9.25. The van der Waals surface area contributed by atoms with Gasteiger partial charge in [0.2, 0.25) is 11.6 Å². The Balaban J connectivity index is 2.92. The topological polar surface area (TPSA) is 89.3 Å². The van der Waals surface area contributed by atoms with Crippen LogP contribution in [-0.2, 0) is 0 Å². The fourth-order valence-corrected chi connectivity index (χ4v) is 0.993. The third kappa shape index (κ3) is 0.777. The van der Waals surface area contributed by atoms with E-state index in [1.54, 1.807) is 6.20 Å². The highest BCUT2D eigenvalue weighted by molar-refractivity contribution is 5.49. The number of imidazole rings is 1. The molecule has 6 nitrogen and oxygen atoms in total. The molecule has 12 heavy (non-hydrogen) atoms. The lowest BCUT2D eigenvalue weighted by molar-refractivity contribution is 0.453. The highest BCUT2D eigenvalue weighted by Crippen LogP contribution is 2.14. The van der Waals surface area contributed by atoms with E-state index in [1.165, 1.54) is 4.52 Å². The van der Waals surface area contributed by atoms with Gasteiger partial charge >= 0.3 is 0 Å². The van der Waals surface area contributed by atoms with Crippen LogP contribution in [0.1, 0.15) is 5.69 Å². The maximum atomic E-state index is 9.25. The van der Waals surface area contributed by atoms with Crippen LogP contribution in [-0.4, -0.2) is 24.7 Å². The molecule has 6 heteroatoms. The first-order chi connectivity index (χ1) is 5.68. The number of aromatic hydroxyl groups is 1. The number of fused-ring (bicyclic) bond motifs is 1. The number of rotatable bonds is 0. The zero-order chi connectivity index (χ0) is 8.72. The number of hydrogen-bond acceptors (Lipinski definition) is 5. The molecule has 0 saturated heterocycles. The molecule has 0 radical (unpaired) electrons. The van der Waals surface area contributed by atoms with Gasteiger partial charge in [0.05, 0.1) is 11.9 Å². The average Bonchev–Trinajstić information content (AvgIpc) is 2.33. The van der Waals surface area contributed by atoms with Gasteiger partial charge in [-0.05, 0) is 6.92 Å². The summed E-state index contributed by atoms with van der Waals surface area (Å²) in [7, 11) is 0. The van der Waals surface area contributed by atoms with E-state index in [1.807, 2.05) is 6.92 Å². The van der Waals surface area contributed by atoms with Crippen LogP contribution in [0.5, 0.6) is 5.88 Å². The van der Waals surface area contributed by atoms with Crippen LogP contribution in [0.4, 0.5) is 5.95 Å². The molecule has 2 rings (SSSR count). The summed E-state index contributed by atoms with van der Waals surface area (Å²) in [6.07, 6.45) is 1.59. The van der Waals surface area contributed by atoms with E-state index < -0.39 is 0 Å². The van der Waals surface area contributed by atoms with Crippen LogP contribution in [0, 0.1) is 6.92 Å². The van der Waals surface area contributed by atoms with Gasteiger partial charge in [0.25, 0.3) is 5.88 Å². The van der Waals surface area contributed by atoms with Gasteiger partial charge < -0.3 is 10.8 Å². The van der Waals surface area contributed by atoms with Gasteiger partial charge in [-0.1, -0.05) is 0 Å². The number of aromatic nitrogens is 4. The van der Waals surface area contributed by atoms with E-state index in [0.717, 1.165) is 5.69 Å². The molecule has 0 aliphatic heterocycles. The lowest BCUT2D eigenvalue weighted by Crippen LogP contribution is -2.02. The highest BCUT2D eigenvalue weighted by atomic mass is 16.3. The maximum Gasteiger partial charge on any atom is 0.260 e. The predicted octanol–water partition coefficient (Wildman–Crippen LogP) is -0.279. The monoisotopic (exact) mass is 165 g/mol. The Labute approximate surface area is 67.7 Å². The molecule has 0 saturated carbocycles. The Bertz CT molecular complexity index is 435. The summed E-state index contributed by atoms with van der Waals surface area (Å²) < 4.78 is 1.44. The largest absolute Gasteiger partial charge is 0.491 e. The number of nitrogens with zero attached hydrogens (tertiary/aromatic N) is 4. The summed E-state index contributed by atoms with van der Waals surface area (Å²) in [6.45, 7) is 1.81. The standard InChI is InChI=1S/C6H7N5O/c1-3-2-8-4-5(12)9-6(7)10-11(3)4/h2H,1H3,(H3,7,9,10,12). The molecule has 62 valence electrons. The van der Waals surface area contributed by atoms with Crippen molar-refractivity contribution in [3.8, 4) is 5.88 Å². The van der Waals surface area contributed by atoms with Crippen molar-refractivity contribution >= 4 is 11.6 Å². The minimum Gasteiger partial charge on any atom is -0.491 e. The molecule has 0 aliphatic carbocycles. The van der Waals surface area contributed by atoms with Crippen molar-refractivity contribution < 1.29 is 5.11 Å². The molecule has 0 bridgehead atoms. The summed E-state index contributed by atoms with van der Waals surface area (Å²) in [5.41, 5.74) is 6.44. The summed E-state index contributed by atoms with van der Waals surface area (Å²) >= 11 is 0. The molecule has 0 amide bonds. The SMILES string of the molecule is Cc1cnc2c(O)nc(N)nn12. The molecule has 0 aliphatic rings. The van der Waals surface area contributed by atoms with Crippen molar-refractivity contribution in [2.75, 3.05) is 5.73 Å². The number of aryl methyl sites for hydroxylation is 1. The summed E-state index contributed by atoms with van der Waals surface area (Å²) in [5.74, 6) is -0.170. The smallest absolute Gasteiger partial charge is 0.260 e. The molecule has 2 aromatic rings. The third-order valence-corrected chi connectivity index (χ3v) is 1.53. The number of anilines is 1. The second kappa shape index (κ2) is 2.07. The Morgan fingerprint density at radius 3 is 3.08 bits per heavy atom.